The summed E-state index contributed by atoms with van der Waals surface area (Å²) in [4.78, 5) is 29.0. The maximum absolute atomic E-state index is 14.0. The van der Waals surface area contributed by atoms with Crippen molar-refractivity contribution in [2.45, 2.75) is 46.2 Å². The molecule has 0 spiro atoms. The molecule has 0 aliphatic carbocycles. The van der Waals surface area contributed by atoms with Crippen molar-refractivity contribution in [1.29, 1.82) is 0 Å². The molecule has 1 atom stereocenters. The van der Waals surface area contributed by atoms with Gasteiger partial charge in [-0.05, 0) is 54.7 Å². The Labute approximate surface area is 226 Å². The minimum Gasteiger partial charge on any atom is -0.354 e. The number of hydrogen-bond acceptors (Lipinski definition) is 4. The molecule has 2 amide bonds. The zero-order valence-electron chi connectivity index (χ0n) is 22.6. The van der Waals surface area contributed by atoms with Crippen molar-refractivity contribution in [1.82, 2.24) is 10.2 Å². The van der Waals surface area contributed by atoms with Crippen LogP contribution in [0.2, 0.25) is 0 Å². The van der Waals surface area contributed by atoms with Gasteiger partial charge in [0.2, 0.25) is 21.8 Å². The second-order valence-electron chi connectivity index (χ2n) is 9.55. The smallest absolute Gasteiger partial charge is 0.244 e. The van der Waals surface area contributed by atoms with Crippen molar-refractivity contribution in [2.75, 3.05) is 23.7 Å². The molecule has 3 rings (SSSR count). The fourth-order valence-corrected chi connectivity index (χ4v) is 5.13. The summed E-state index contributed by atoms with van der Waals surface area (Å²) in [5.74, 6) is -0.716. The highest BCUT2D eigenvalue weighted by molar-refractivity contribution is 7.92. The van der Waals surface area contributed by atoms with E-state index in [0.29, 0.717) is 18.7 Å². The first-order valence-corrected chi connectivity index (χ1v) is 14.6. The van der Waals surface area contributed by atoms with Crippen LogP contribution in [0.25, 0.3) is 0 Å². The average Bonchev–Trinajstić information content (AvgIpc) is 2.88. The Kier molecular flexibility index (Phi) is 10.1. The van der Waals surface area contributed by atoms with Gasteiger partial charge in [-0.25, -0.2) is 8.42 Å². The molecule has 38 heavy (non-hydrogen) atoms. The SMILES string of the molecule is CCCNC(=O)C(Cc1ccccc1)N(Cc1ccccc1C)C(=O)CN(c1cccc(C)c1)S(C)(=O)=O. The lowest BCUT2D eigenvalue weighted by atomic mass is 10.0. The average molecular weight is 536 g/mol. The molecule has 7 nitrogen and oxygen atoms in total. The normalized spacial score (nSPS) is 12.0. The molecule has 0 radical (unpaired) electrons. The molecule has 3 aromatic carbocycles. The Morgan fingerprint density at radius 1 is 0.921 bits per heavy atom. The van der Waals surface area contributed by atoms with E-state index in [4.69, 9.17) is 0 Å². The molecule has 0 aliphatic heterocycles. The summed E-state index contributed by atoms with van der Waals surface area (Å²) in [6.45, 7) is 6.03. The maximum atomic E-state index is 14.0. The van der Waals surface area contributed by atoms with Crippen LogP contribution in [0.5, 0.6) is 0 Å². The Balaban J connectivity index is 2.05. The number of nitrogens with one attached hydrogen (secondary N) is 1. The second-order valence-corrected chi connectivity index (χ2v) is 11.5. The highest BCUT2D eigenvalue weighted by Crippen LogP contribution is 2.22. The van der Waals surface area contributed by atoms with Gasteiger partial charge < -0.3 is 10.2 Å². The molecule has 1 N–H and O–H groups in total. The molecular weight excluding hydrogens is 498 g/mol. The number of sulfonamides is 1. The Morgan fingerprint density at radius 3 is 2.24 bits per heavy atom. The summed E-state index contributed by atoms with van der Waals surface area (Å²) >= 11 is 0. The predicted octanol–water partition coefficient (Wildman–Crippen LogP) is 4.24. The quantitative estimate of drug-likeness (QED) is 0.376. The molecule has 0 saturated heterocycles. The number of rotatable bonds is 12. The van der Waals surface area contributed by atoms with Crippen molar-refractivity contribution < 1.29 is 18.0 Å². The van der Waals surface area contributed by atoms with Gasteiger partial charge in [0, 0.05) is 19.5 Å². The van der Waals surface area contributed by atoms with Crippen LogP contribution in [0, 0.1) is 13.8 Å². The monoisotopic (exact) mass is 535 g/mol. The van der Waals surface area contributed by atoms with Gasteiger partial charge in [-0.15, -0.1) is 0 Å². The van der Waals surface area contributed by atoms with E-state index in [1.165, 1.54) is 4.90 Å². The van der Waals surface area contributed by atoms with Crippen LogP contribution in [0.1, 0.15) is 35.6 Å². The van der Waals surface area contributed by atoms with E-state index in [-0.39, 0.29) is 12.5 Å². The van der Waals surface area contributed by atoms with Gasteiger partial charge in [-0.3, -0.25) is 13.9 Å². The van der Waals surface area contributed by atoms with Crippen LogP contribution in [0.3, 0.4) is 0 Å². The molecule has 8 heteroatoms. The minimum atomic E-state index is -3.78. The zero-order chi connectivity index (χ0) is 27.7. The van der Waals surface area contributed by atoms with Crippen LogP contribution >= 0.6 is 0 Å². The topological polar surface area (TPSA) is 86.8 Å². The minimum absolute atomic E-state index is 0.175. The van der Waals surface area contributed by atoms with Gasteiger partial charge in [-0.1, -0.05) is 73.7 Å². The molecule has 0 aliphatic rings. The van der Waals surface area contributed by atoms with Gasteiger partial charge >= 0.3 is 0 Å². The molecule has 0 heterocycles. The molecule has 0 fully saturated rings. The van der Waals surface area contributed by atoms with Crippen molar-refractivity contribution in [3.63, 3.8) is 0 Å². The third-order valence-electron chi connectivity index (χ3n) is 6.39. The van der Waals surface area contributed by atoms with E-state index < -0.39 is 28.5 Å². The van der Waals surface area contributed by atoms with Crippen molar-refractivity contribution in [2.24, 2.45) is 0 Å². The summed E-state index contributed by atoms with van der Waals surface area (Å²) in [5.41, 5.74) is 4.07. The lowest BCUT2D eigenvalue weighted by Gasteiger charge is -2.34. The highest BCUT2D eigenvalue weighted by atomic mass is 32.2. The Morgan fingerprint density at radius 2 is 1.61 bits per heavy atom. The zero-order valence-corrected chi connectivity index (χ0v) is 23.4. The summed E-state index contributed by atoms with van der Waals surface area (Å²) < 4.78 is 26.8. The van der Waals surface area contributed by atoms with Crippen LogP contribution in [-0.2, 0) is 32.6 Å². The summed E-state index contributed by atoms with van der Waals surface area (Å²) in [7, 11) is -3.78. The molecule has 0 saturated carbocycles. The molecule has 0 aromatic heterocycles. The number of aryl methyl sites for hydroxylation is 2. The van der Waals surface area contributed by atoms with Gasteiger partial charge in [0.25, 0.3) is 0 Å². The van der Waals surface area contributed by atoms with E-state index in [1.807, 2.05) is 81.4 Å². The molecule has 202 valence electrons. The third-order valence-corrected chi connectivity index (χ3v) is 7.53. The van der Waals surface area contributed by atoms with E-state index in [1.54, 1.807) is 18.2 Å². The second kappa shape index (κ2) is 13.2. The molecule has 3 aromatic rings. The summed E-state index contributed by atoms with van der Waals surface area (Å²) in [6, 6.07) is 23.4. The van der Waals surface area contributed by atoms with Gasteiger partial charge in [-0.2, -0.15) is 0 Å². The standard InChI is InChI=1S/C30H37N3O4S/c1-5-18-31-30(35)28(20-25-14-7-6-8-15-25)32(21-26-16-10-9-13-24(26)3)29(34)22-33(38(4,36)37)27-17-11-12-23(2)19-27/h6-17,19,28H,5,18,20-22H2,1-4H3,(H,31,35). The Bertz CT molecular complexity index is 1340. The van der Waals surface area contributed by atoms with Crippen LogP contribution in [-0.4, -0.2) is 50.5 Å². The summed E-state index contributed by atoms with van der Waals surface area (Å²) in [6.07, 6.45) is 2.14. The number of carbonyl (C=O) groups is 2. The first-order valence-electron chi connectivity index (χ1n) is 12.8. The lowest BCUT2D eigenvalue weighted by Crippen LogP contribution is -2.53. The fraction of sp³-hybridized carbons (Fsp3) is 0.333. The fourth-order valence-electron chi connectivity index (χ4n) is 4.29. The first-order chi connectivity index (χ1) is 18.1. The van der Waals surface area contributed by atoms with Gasteiger partial charge in [0.1, 0.15) is 12.6 Å². The largest absolute Gasteiger partial charge is 0.354 e. The molecule has 1 unspecified atom stereocenters. The predicted molar refractivity (Wildman–Crippen MR) is 152 cm³/mol. The van der Waals surface area contributed by atoms with E-state index in [0.717, 1.165) is 39.2 Å². The van der Waals surface area contributed by atoms with Gasteiger partial charge in [0.05, 0.1) is 11.9 Å². The van der Waals surface area contributed by atoms with Crippen molar-refractivity contribution >= 4 is 27.5 Å². The number of nitrogens with zero attached hydrogens (tertiary/aromatic N) is 2. The van der Waals surface area contributed by atoms with Crippen LogP contribution in [0.15, 0.2) is 78.9 Å². The van der Waals surface area contributed by atoms with E-state index in [2.05, 4.69) is 5.32 Å². The molecule has 0 bridgehead atoms. The molecular formula is C30H37N3O4S. The number of carbonyl (C=O) groups excluding carboxylic acids is 2. The van der Waals surface area contributed by atoms with Crippen LogP contribution in [0.4, 0.5) is 5.69 Å². The lowest BCUT2D eigenvalue weighted by molar-refractivity contribution is -0.140. The van der Waals surface area contributed by atoms with E-state index >= 15 is 0 Å². The number of benzene rings is 3. The van der Waals surface area contributed by atoms with Gasteiger partial charge in [0.15, 0.2) is 0 Å². The van der Waals surface area contributed by atoms with Crippen LogP contribution < -0.4 is 9.62 Å². The number of amides is 2. The maximum Gasteiger partial charge on any atom is 0.244 e. The van der Waals surface area contributed by atoms with Crippen molar-refractivity contribution in [3.05, 3.63) is 101 Å². The Hall–Kier alpha value is -3.65. The van der Waals surface area contributed by atoms with Crippen molar-refractivity contribution in [3.8, 4) is 0 Å². The number of hydrogen-bond donors (Lipinski definition) is 1. The number of anilines is 1. The first kappa shape index (κ1) is 28.9. The highest BCUT2D eigenvalue weighted by Gasteiger charge is 2.33. The summed E-state index contributed by atoms with van der Waals surface area (Å²) in [5, 5.41) is 2.95. The third kappa shape index (κ3) is 7.92. The van der Waals surface area contributed by atoms with E-state index in [9.17, 15) is 18.0 Å².